The molecule has 0 saturated heterocycles. The number of phosphoric ester groups is 1. The maximum atomic E-state index is 12.6. The summed E-state index contributed by atoms with van der Waals surface area (Å²) in [7, 11) is -4.38. The highest BCUT2D eigenvalue weighted by molar-refractivity contribution is 7.47. The number of ether oxygens (including phenoxy) is 2. The molecule has 0 aliphatic carbocycles. The number of hydrogen-bond donors (Lipinski definition) is 2. The zero-order chi connectivity index (χ0) is 40.3. The summed E-state index contributed by atoms with van der Waals surface area (Å²) in [6.45, 7) is 3.74. The molecule has 0 aliphatic rings. The second kappa shape index (κ2) is 42.1. The number of nitrogens with two attached hydrogens (primary N) is 1. The molecule has 2 atom stereocenters. The number of hydrogen-bond acceptors (Lipinski definition) is 8. The van der Waals surface area contributed by atoms with Crippen molar-refractivity contribution in [2.24, 2.45) is 5.73 Å². The van der Waals surface area contributed by atoms with Crippen molar-refractivity contribution in [3.63, 3.8) is 0 Å². The molecular formula is C45H86NO8P. The summed E-state index contributed by atoms with van der Waals surface area (Å²) in [5.41, 5.74) is 5.35. The fourth-order valence-corrected chi connectivity index (χ4v) is 7.15. The molecule has 0 aliphatic heterocycles. The van der Waals surface area contributed by atoms with Crippen LogP contribution in [0.3, 0.4) is 0 Å². The van der Waals surface area contributed by atoms with Gasteiger partial charge in [0, 0.05) is 19.4 Å². The highest BCUT2D eigenvalue weighted by Gasteiger charge is 2.26. The third-order valence-electron chi connectivity index (χ3n) is 9.81. The van der Waals surface area contributed by atoms with Crippen LogP contribution in [0.4, 0.5) is 0 Å². The summed E-state index contributed by atoms with van der Waals surface area (Å²) in [6, 6.07) is 0. The van der Waals surface area contributed by atoms with Crippen LogP contribution in [0, 0.1) is 0 Å². The Kier molecular flexibility index (Phi) is 40.9. The van der Waals surface area contributed by atoms with Crippen molar-refractivity contribution < 1.29 is 37.6 Å². The van der Waals surface area contributed by atoms with E-state index in [4.69, 9.17) is 24.3 Å². The summed E-state index contributed by atoms with van der Waals surface area (Å²) in [4.78, 5) is 34.9. The van der Waals surface area contributed by atoms with Crippen molar-refractivity contribution >= 4 is 19.8 Å². The van der Waals surface area contributed by atoms with Crippen LogP contribution in [-0.2, 0) is 32.7 Å². The average Bonchev–Trinajstić information content (AvgIpc) is 3.17. The Hall–Kier alpha value is -1.51. The standard InChI is InChI=1S/C45H86NO8P/c1-3-5-7-9-11-13-15-17-19-21-22-24-26-28-30-32-34-36-38-45(48)54-43(42-53-55(49,50)52-40-39-46)41-51-44(47)37-35-33-31-29-27-25-23-20-18-16-14-12-10-8-6-4-2/h19-21,23,43H,3-18,22,24-42,46H2,1-2H3,(H,49,50)/b21-19-,23-20-. The lowest BCUT2D eigenvalue weighted by Crippen LogP contribution is -2.29. The van der Waals surface area contributed by atoms with E-state index in [2.05, 4.69) is 38.2 Å². The molecular weight excluding hydrogens is 713 g/mol. The van der Waals surface area contributed by atoms with E-state index in [-0.39, 0.29) is 38.6 Å². The molecule has 10 heteroatoms. The van der Waals surface area contributed by atoms with Gasteiger partial charge < -0.3 is 20.1 Å². The van der Waals surface area contributed by atoms with Crippen LogP contribution in [0.15, 0.2) is 24.3 Å². The summed E-state index contributed by atoms with van der Waals surface area (Å²) >= 11 is 0. The van der Waals surface area contributed by atoms with Crippen LogP contribution in [0.2, 0.25) is 0 Å². The minimum atomic E-state index is -4.38. The fraction of sp³-hybridized carbons (Fsp3) is 0.867. The van der Waals surface area contributed by atoms with Gasteiger partial charge >= 0.3 is 19.8 Å². The molecule has 0 fully saturated rings. The minimum Gasteiger partial charge on any atom is -0.462 e. The number of carbonyl (C=O) groups is 2. The molecule has 0 rings (SSSR count). The van der Waals surface area contributed by atoms with Crippen molar-refractivity contribution in [2.45, 2.75) is 225 Å². The Balaban J connectivity index is 4.13. The van der Waals surface area contributed by atoms with Crippen molar-refractivity contribution in [1.82, 2.24) is 0 Å². The molecule has 0 amide bonds. The first kappa shape index (κ1) is 53.5. The third kappa shape index (κ3) is 41.9. The van der Waals surface area contributed by atoms with Crippen LogP contribution >= 0.6 is 7.82 Å². The summed E-state index contributed by atoms with van der Waals surface area (Å²) in [6.07, 6.45) is 44.9. The molecule has 0 saturated carbocycles. The van der Waals surface area contributed by atoms with Crippen molar-refractivity contribution in [3.8, 4) is 0 Å². The zero-order valence-corrected chi connectivity index (χ0v) is 36.6. The van der Waals surface area contributed by atoms with Crippen molar-refractivity contribution in [3.05, 3.63) is 24.3 Å². The van der Waals surface area contributed by atoms with E-state index in [1.807, 2.05) is 0 Å². The highest BCUT2D eigenvalue weighted by atomic mass is 31.2. The number of esters is 2. The first-order chi connectivity index (χ1) is 26.8. The predicted octanol–water partition coefficient (Wildman–Crippen LogP) is 13.2. The van der Waals surface area contributed by atoms with Crippen LogP contribution in [-0.4, -0.2) is 49.3 Å². The van der Waals surface area contributed by atoms with E-state index in [1.165, 1.54) is 122 Å². The summed E-state index contributed by atoms with van der Waals surface area (Å²) < 4.78 is 32.8. The van der Waals surface area contributed by atoms with Gasteiger partial charge in [-0.1, -0.05) is 167 Å². The first-order valence-electron chi connectivity index (χ1n) is 22.8. The zero-order valence-electron chi connectivity index (χ0n) is 35.7. The van der Waals surface area contributed by atoms with Gasteiger partial charge in [-0.25, -0.2) is 4.57 Å². The topological polar surface area (TPSA) is 134 Å². The lowest BCUT2D eigenvalue weighted by molar-refractivity contribution is -0.161. The second-order valence-corrected chi connectivity index (χ2v) is 16.7. The second-order valence-electron chi connectivity index (χ2n) is 15.3. The predicted molar refractivity (Wildman–Crippen MR) is 229 cm³/mol. The van der Waals surface area contributed by atoms with Gasteiger partial charge in [-0.2, -0.15) is 0 Å². The molecule has 0 aromatic rings. The number of carbonyl (C=O) groups excluding carboxylic acids is 2. The third-order valence-corrected chi connectivity index (χ3v) is 10.8. The van der Waals surface area contributed by atoms with Crippen LogP contribution in [0.25, 0.3) is 0 Å². The molecule has 55 heavy (non-hydrogen) atoms. The van der Waals surface area contributed by atoms with Gasteiger partial charge in [0.15, 0.2) is 6.10 Å². The molecule has 0 bridgehead atoms. The summed E-state index contributed by atoms with van der Waals surface area (Å²) in [5, 5.41) is 0. The van der Waals surface area contributed by atoms with E-state index in [1.54, 1.807) is 0 Å². The Morgan fingerprint density at radius 1 is 0.527 bits per heavy atom. The van der Waals surface area contributed by atoms with Crippen molar-refractivity contribution in [1.29, 1.82) is 0 Å². The summed E-state index contributed by atoms with van der Waals surface area (Å²) in [5.74, 6) is -0.836. The van der Waals surface area contributed by atoms with Crippen LogP contribution in [0.1, 0.15) is 219 Å². The molecule has 0 spiro atoms. The van der Waals surface area contributed by atoms with E-state index < -0.39 is 26.5 Å². The fourth-order valence-electron chi connectivity index (χ4n) is 6.39. The average molecular weight is 800 g/mol. The molecule has 0 aromatic carbocycles. The van der Waals surface area contributed by atoms with Crippen LogP contribution in [0.5, 0.6) is 0 Å². The largest absolute Gasteiger partial charge is 0.472 e. The van der Waals surface area contributed by atoms with Crippen LogP contribution < -0.4 is 5.73 Å². The number of allylic oxidation sites excluding steroid dienone is 4. The van der Waals surface area contributed by atoms with E-state index in [0.717, 1.165) is 64.2 Å². The SMILES string of the molecule is CCCCCCCCC/C=C\CCCCCCCCCC(=O)OC(COC(=O)CCCCCCC/C=C\CCCCCCCCC)COP(=O)(O)OCCN. The maximum absolute atomic E-state index is 12.6. The number of rotatable bonds is 43. The molecule has 2 unspecified atom stereocenters. The van der Waals surface area contributed by atoms with Gasteiger partial charge in [-0.3, -0.25) is 18.6 Å². The van der Waals surface area contributed by atoms with Gasteiger partial charge in [0.25, 0.3) is 0 Å². The lowest BCUT2D eigenvalue weighted by Gasteiger charge is -2.19. The first-order valence-corrected chi connectivity index (χ1v) is 24.3. The smallest absolute Gasteiger partial charge is 0.462 e. The molecule has 9 nitrogen and oxygen atoms in total. The highest BCUT2D eigenvalue weighted by Crippen LogP contribution is 2.43. The Morgan fingerprint density at radius 2 is 0.891 bits per heavy atom. The normalized spacial score (nSPS) is 13.5. The van der Waals surface area contributed by atoms with Gasteiger partial charge in [0.1, 0.15) is 6.61 Å². The Bertz CT molecular complexity index is 959. The van der Waals surface area contributed by atoms with E-state index >= 15 is 0 Å². The monoisotopic (exact) mass is 800 g/mol. The Labute approximate surface area is 338 Å². The Morgan fingerprint density at radius 3 is 1.29 bits per heavy atom. The quantitative estimate of drug-likeness (QED) is 0.0267. The van der Waals surface area contributed by atoms with Gasteiger partial charge in [0.05, 0.1) is 13.2 Å². The lowest BCUT2D eigenvalue weighted by atomic mass is 10.1. The molecule has 0 heterocycles. The van der Waals surface area contributed by atoms with E-state index in [0.29, 0.717) is 6.42 Å². The maximum Gasteiger partial charge on any atom is 0.472 e. The molecule has 0 radical (unpaired) electrons. The number of unbranched alkanes of at least 4 members (excludes halogenated alkanes) is 26. The van der Waals surface area contributed by atoms with E-state index in [9.17, 15) is 19.0 Å². The van der Waals surface area contributed by atoms with Gasteiger partial charge in [0.2, 0.25) is 0 Å². The van der Waals surface area contributed by atoms with Gasteiger partial charge in [-0.15, -0.1) is 0 Å². The molecule has 3 N–H and O–H groups in total. The van der Waals surface area contributed by atoms with Gasteiger partial charge in [-0.05, 0) is 64.2 Å². The minimum absolute atomic E-state index is 0.0527. The van der Waals surface area contributed by atoms with Crippen molar-refractivity contribution in [2.75, 3.05) is 26.4 Å². The molecule has 324 valence electrons. The number of phosphoric acid groups is 1. The molecule has 0 aromatic heterocycles.